The number of aromatic nitrogens is 1. The summed E-state index contributed by atoms with van der Waals surface area (Å²) >= 11 is 0. The van der Waals surface area contributed by atoms with Gasteiger partial charge in [0, 0.05) is 25.8 Å². The van der Waals surface area contributed by atoms with Gasteiger partial charge in [0.1, 0.15) is 12.2 Å². The fraction of sp³-hybridized carbons (Fsp3) is 0.333. The maximum Gasteiger partial charge on any atom is 0.501 e. The van der Waals surface area contributed by atoms with Crippen LogP contribution in [0.15, 0.2) is 47.5 Å². The minimum atomic E-state index is -5.56. The molecule has 0 aliphatic carbocycles. The highest BCUT2D eigenvalue weighted by Crippen LogP contribution is 2.32. The van der Waals surface area contributed by atoms with Crippen molar-refractivity contribution in [1.82, 2.24) is 20.3 Å². The number of morpholine rings is 1. The highest BCUT2D eigenvalue weighted by atomic mass is 32.2. The Labute approximate surface area is 203 Å². The first-order chi connectivity index (χ1) is 17.0. The summed E-state index contributed by atoms with van der Waals surface area (Å²) < 4.78 is 66.5. The molecule has 0 spiro atoms. The third-order valence-electron chi connectivity index (χ3n) is 5.45. The van der Waals surface area contributed by atoms with E-state index >= 15 is 0 Å². The lowest BCUT2D eigenvalue weighted by atomic mass is 10.2. The Morgan fingerprint density at radius 1 is 1.08 bits per heavy atom. The number of halogens is 3. The van der Waals surface area contributed by atoms with Crippen LogP contribution in [0.4, 0.5) is 23.7 Å². The van der Waals surface area contributed by atoms with Gasteiger partial charge >= 0.3 is 11.5 Å². The molecule has 3 heterocycles. The molecule has 2 aliphatic heterocycles. The number of sulfone groups is 1. The van der Waals surface area contributed by atoms with E-state index < -0.39 is 38.1 Å². The molecule has 0 saturated carbocycles. The van der Waals surface area contributed by atoms with Crippen molar-refractivity contribution in [2.75, 3.05) is 37.7 Å². The summed E-state index contributed by atoms with van der Waals surface area (Å²) in [5, 5.41) is 1.70. The second kappa shape index (κ2) is 9.83. The fourth-order valence-electron chi connectivity index (χ4n) is 3.63. The number of anilines is 1. The van der Waals surface area contributed by atoms with Crippen LogP contribution in [0.1, 0.15) is 16.1 Å². The summed E-state index contributed by atoms with van der Waals surface area (Å²) in [5.74, 6) is -1.09. The van der Waals surface area contributed by atoms with Crippen LogP contribution < -0.4 is 10.3 Å². The van der Waals surface area contributed by atoms with Crippen LogP contribution in [0.2, 0.25) is 0 Å². The van der Waals surface area contributed by atoms with Crippen LogP contribution in [0.5, 0.6) is 0 Å². The van der Waals surface area contributed by atoms with E-state index in [1.54, 1.807) is 11.1 Å². The molecule has 192 valence electrons. The van der Waals surface area contributed by atoms with Gasteiger partial charge in [-0.2, -0.15) is 13.2 Å². The van der Waals surface area contributed by atoms with Crippen molar-refractivity contribution in [3.8, 4) is 0 Å². The number of alkyl halides is 3. The molecule has 11 nitrogen and oxygen atoms in total. The molecular weight excluding hydrogens is 507 g/mol. The molecule has 2 aromatic rings. The lowest BCUT2D eigenvalue weighted by Crippen LogP contribution is -2.48. The summed E-state index contributed by atoms with van der Waals surface area (Å²) in [6, 6.07) is 5.59. The smallest absolute Gasteiger partial charge is 0.379 e. The highest BCUT2D eigenvalue weighted by Gasteiger charge is 2.47. The number of pyridine rings is 1. The van der Waals surface area contributed by atoms with E-state index in [0.717, 1.165) is 17.0 Å². The third kappa shape index (κ3) is 5.17. The summed E-state index contributed by atoms with van der Waals surface area (Å²) in [6.07, 6.45) is 1.39. The van der Waals surface area contributed by atoms with Gasteiger partial charge in [-0.3, -0.25) is 20.0 Å². The molecule has 0 bridgehead atoms. The van der Waals surface area contributed by atoms with Crippen molar-refractivity contribution in [3.05, 3.63) is 53.9 Å². The van der Waals surface area contributed by atoms with Crippen LogP contribution in [-0.2, 0) is 25.9 Å². The predicted molar refractivity (Wildman–Crippen MR) is 117 cm³/mol. The van der Waals surface area contributed by atoms with Gasteiger partial charge in [0.2, 0.25) is 0 Å². The summed E-state index contributed by atoms with van der Waals surface area (Å²) in [6.45, 7) is 1.65. The number of hydrogen-bond donors (Lipinski definition) is 1. The lowest BCUT2D eigenvalue weighted by Gasteiger charge is -2.26. The number of nitrogens with one attached hydrogen (secondary N) is 1. The number of hydrazine groups is 1. The quantitative estimate of drug-likeness (QED) is 0.557. The second-order valence-electron chi connectivity index (χ2n) is 7.90. The normalized spacial score (nSPS) is 17.5. The molecular formula is C21H20F3N5O6S. The molecule has 36 heavy (non-hydrogen) atoms. The van der Waals surface area contributed by atoms with Crippen LogP contribution in [0, 0.1) is 0 Å². The molecule has 0 unspecified atom stereocenters. The van der Waals surface area contributed by atoms with Gasteiger partial charge in [-0.1, -0.05) is 0 Å². The summed E-state index contributed by atoms with van der Waals surface area (Å²) in [5.41, 5.74) is -2.21. The highest BCUT2D eigenvalue weighted by molar-refractivity contribution is 7.92. The van der Waals surface area contributed by atoms with Crippen molar-refractivity contribution < 1.29 is 40.7 Å². The average molecular weight is 527 g/mol. The van der Waals surface area contributed by atoms with Crippen LogP contribution in [0.25, 0.3) is 0 Å². The van der Waals surface area contributed by atoms with Crippen molar-refractivity contribution in [1.29, 1.82) is 0 Å². The van der Waals surface area contributed by atoms with Crippen molar-refractivity contribution >= 4 is 33.4 Å². The maximum atomic E-state index is 12.9. The molecule has 1 aromatic carbocycles. The largest absolute Gasteiger partial charge is 0.501 e. The number of benzene rings is 1. The molecule has 2 fully saturated rings. The summed E-state index contributed by atoms with van der Waals surface area (Å²) in [7, 11) is -5.56. The number of ether oxygens (including phenoxy) is 1. The predicted octanol–water partition coefficient (Wildman–Crippen LogP) is 1.32. The van der Waals surface area contributed by atoms with Gasteiger partial charge in [-0.15, -0.1) is 0 Å². The first-order valence-corrected chi connectivity index (χ1v) is 12.1. The minimum absolute atomic E-state index is 0.0397. The standard InChI is InChI=1S/C21H20F3N5O6S/c22-21(23,24)36(33,34)16-3-1-15(2-4-16)29-18(30)13-27(20(29)32)12-14-5-6-25-17(11-14)19(31)26-28-7-9-35-10-8-28/h1-6,11H,7-10,12-13H2,(H,26,31). The average Bonchev–Trinajstić information content (AvgIpc) is 3.11. The lowest BCUT2D eigenvalue weighted by molar-refractivity contribution is -0.116. The Morgan fingerprint density at radius 2 is 1.75 bits per heavy atom. The molecule has 4 rings (SSSR count). The van der Waals surface area contributed by atoms with E-state index in [1.165, 1.54) is 17.2 Å². The zero-order valence-corrected chi connectivity index (χ0v) is 19.4. The van der Waals surface area contributed by atoms with E-state index in [-0.39, 0.29) is 24.5 Å². The monoisotopic (exact) mass is 527 g/mol. The zero-order valence-electron chi connectivity index (χ0n) is 18.6. The number of carbonyl (C=O) groups excluding carboxylic acids is 3. The number of carbonyl (C=O) groups is 3. The van der Waals surface area contributed by atoms with E-state index in [2.05, 4.69) is 10.4 Å². The number of imide groups is 1. The van der Waals surface area contributed by atoms with Gasteiger partial charge in [0.25, 0.3) is 21.7 Å². The molecule has 4 amide bonds. The Morgan fingerprint density at radius 3 is 2.39 bits per heavy atom. The van der Waals surface area contributed by atoms with Crippen LogP contribution in [-0.4, -0.2) is 79.5 Å². The number of amides is 4. The topological polar surface area (TPSA) is 129 Å². The Balaban J connectivity index is 1.45. The van der Waals surface area contributed by atoms with Crippen molar-refractivity contribution in [2.24, 2.45) is 0 Å². The van der Waals surface area contributed by atoms with Gasteiger partial charge in [0.05, 0.1) is 23.8 Å². The zero-order chi connectivity index (χ0) is 26.1. The van der Waals surface area contributed by atoms with E-state index in [4.69, 9.17) is 4.74 Å². The molecule has 0 atom stereocenters. The molecule has 0 radical (unpaired) electrons. The number of hydrogen-bond acceptors (Lipinski definition) is 8. The Bertz CT molecular complexity index is 1280. The first kappa shape index (κ1) is 25.5. The SMILES string of the molecule is O=C(NN1CCOCC1)c1cc(CN2CC(=O)N(c3ccc(S(=O)(=O)C(F)(F)F)cc3)C2=O)ccn1. The summed E-state index contributed by atoms with van der Waals surface area (Å²) in [4.78, 5) is 42.8. The van der Waals surface area contributed by atoms with Crippen molar-refractivity contribution in [3.63, 3.8) is 0 Å². The minimum Gasteiger partial charge on any atom is -0.379 e. The maximum absolute atomic E-state index is 12.9. The Hall–Kier alpha value is -3.56. The molecule has 1 N–H and O–H groups in total. The molecule has 15 heteroatoms. The van der Waals surface area contributed by atoms with Gasteiger partial charge in [-0.05, 0) is 42.0 Å². The third-order valence-corrected chi connectivity index (χ3v) is 6.95. The van der Waals surface area contributed by atoms with E-state index in [1.807, 2.05) is 0 Å². The molecule has 2 aliphatic rings. The Kier molecular flexibility index (Phi) is 6.97. The first-order valence-electron chi connectivity index (χ1n) is 10.6. The number of nitrogens with zero attached hydrogens (tertiary/aromatic N) is 4. The molecule has 2 saturated heterocycles. The second-order valence-corrected chi connectivity index (χ2v) is 9.84. The number of urea groups is 1. The van der Waals surface area contributed by atoms with Crippen molar-refractivity contribution in [2.45, 2.75) is 16.9 Å². The van der Waals surface area contributed by atoms with Crippen LogP contribution in [0.3, 0.4) is 0 Å². The number of rotatable bonds is 6. The molecule has 1 aromatic heterocycles. The van der Waals surface area contributed by atoms with Gasteiger partial charge in [0.15, 0.2) is 0 Å². The van der Waals surface area contributed by atoms with Gasteiger partial charge < -0.3 is 9.64 Å². The fourth-order valence-corrected chi connectivity index (χ4v) is 4.39. The van der Waals surface area contributed by atoms with E-state index in [9.17, 15) is 36.0 Å². The van der Waals surface area contributed by atoms with Crippen LogP contribution >= 0.6 is 0 Å². The van der Waals surface area contributed by atoms with E-state index in [0.29, 0.717) is 44.0 Å². The van der Waals surface area contributed by atoms with Gasteiger partial charge in [-0.25, -0.2) is 23.1 Å².